The molecule has 0 aromatic rings. The quantitative estimate of drug-likeness (QED) is 0.461. The average molecular weight is 180 g/mol. The lowest BCUT2D eigenvalue weighted by molar-refractivity contribution is -0.131. The molecule has 0 saturated heterocycles. The van der Waals surface area contributed by atoms with E-state index in [1.165, 1.54) is 0 Å². The standard InChI is InChI=1S/C6H10O5.H2O/c7-1-5(9)3-11-4-6(10)2-8;/h7-8H,1-4H2;1H2. The Bertz CT molecular complexity index is 127. The van der Waals surface area contributed by atoms with Crippen LogP contribution < -0.4 is 0 Å². The summed E-state index contributed by atoms with van der Waals surface area (Å²) in [7, 11) is 0. The van der Waals surface area contributed by atoms with Crippen LogP contribution in [0.1, 0.15) is 0 Å². The van der Waals surface area contributed by atoms with E-state index in [1.807, 2.05) is 0 Å². The van der Waals surface area contributed by atoms with Crippen LogP contribution in [0.25, 0.3) is 0 Å². The minimum absolute atomic E-state index is 0. The Labute approximate surface area is 69.1 Å². The Morgan fingerprint density at radius 1 is 1.00 bits per heavy atom. The fourth-order valence-corrected chi connectivity index (χ4v) is 0.370. The number of aliphatic hydroxyl groups excluding tert-OH is 2. The third-order valence-electron chi connectivity index (χ3n) is 0.879. The molecule has 6 heteroatoms. The number of ether oxygens (including phenoxy) is 1. The van der Waals surface area contributed by atoms with Crippen molar-refractivity contribution in [3.63, 3.8) is 0 Å². The number of Topliss-reactive ketones (excluding diaryl/α,β-unsaturated/α-hetero) is 2. The van der Waals surface area contributed by atoms with Crippen LogP contribution in [0, 0.1) is 0 Å². The van der Waals surface area contributed by atoms with Gasteiger partial charge in [-0.05, 0) is 0 Å². The normalized spacial score (nSPS) is 8.83. The lowest BCUT2D eigenvalue weighted by atomic mass is 10.4. The van der Waals surface area contributed by atoms with Gasteiger partial charge in [0.05, 0.1) is 0 Å². The minimum atomic E-state index is -0.590. The van der Waals surface area contributed by atoms with Gasteiger partial charge in [-0.2, -0.15) is 0 Å². The van der Waals surface area contributed by atoms with E-state index in [9.17, 15) is 9.59 Å². The summed E-state index contributed by atoms with van der Waals surface area (Å²) in [5.41, 5.74) is 0. The summed E-state index contributed by atoms with van der Waals surface area (Å²) >= 11 is 0. The number of hydrogen-bond acceptors (Lipinski definition) is 5. The molecule has 0 saturated carbocycles. The number of ketones is 2. The molecule has 0 heterocycles. The molecular weight excluding hydrogens is 168 g/mol. The molecule has 12 heavy (non-hydrogen) atoms. The molecule has 0 atom stereocenters. The summed E-state index contributed by atoms with van der Waals surface area (Å²) in [6.07, 6.45) is 0. The molecule has 0 rings (SSSR count). The second-order valence-electron chi connectivity index (χ2n) is 1.89. The molecule has 0 amide bonds. The highest BCUT2D eigenvalue weighted by Crippen LogP contribution is 1.78. The van der Waals surface area contributed by atoms with Crippen molar-refractivity contribution in [2.45, 2.75) is 0 Å². The van der Waals surface area contributed by atoms with Gasteiger partial charge in [-0.1, -0.05) is 0 Å². The fraction of sp³-hybridized carbons (Fsp3) is 0.667. The lowest BCUT2D eigenvalue weighted by Crippen LogP contribution is -2.18. The molecule has 0 aliphatic heterocycles. The van der Waals surface area contributed by atoms with E-state index in [0.29, 0.717) is 0 Å². The highest BCUT2D eigenvalue weighted by molar-refractivity contribution is 5.82. The highest BCUT2D eigenvalue weighted by Gasteiger charge is 2.02. The van der Waals surface area contributed by atoms with E-state index in [-0.39, 0.29) is 18.7 Å². The number of carbonyl (C=O) groups is 2. The van der Waals surface area contributed by atoms with Crippen LogP contribution in [0.4, 0.5) is 0 Å². The van der Waals surface area contributed by atoms with Crippen molar-refractivity contribution in [3.05, 3.63) is 0 Å². The Hall–Kier alpha value is -0.820. The van der Waals surface area contributed by atoms with Crippen LogP contribution in [0.5, 0.6) is 0 Å². The molecule has 0 aromatic heterocycles. The van der Waals surface area contributed by atoms with Crippen LogP contribution in [0.2, 0.25) is 0 Å². The van der Waals surface area contributed by atoms with Gasteiger partial charge < -0.3 is 20.4 Å². The SMILES string of the molecule is O.O=C(CO)COCC(=O)CO. The van der Waals surface area contributed by atoms with Gasteiger partial charge in [0.2, 0.25) is 0 Å². The number of hydrogen-bond donors (Lipinski definition) is 2. The molecule has 0 bridgehead atoms. The van der Waals surface area contributed by atoms with E-state index < -0.39 is 24.8 Å². The highest BCUT2D eigenvalue weighted by atomic mass is 16.5. The third kappa shape index (κ3) is 7.29. The van der Waals surface area contributed by atoms with Crippen LogP contribution in [-0.2, 0) is 14.3 Å². The van der Waals surface area contributed by atoms with Crippen LogP contribution in [0.3, 0.4) is 0 Å². The summed E-state index contributed by atoms with van der Waals surface area (Å²) in [6, 6.07) is 0. The molecular formula is C6H12O6. The first kappa shape index (κ1) is 13.7. The topological polar surface area (TPSA) is 115 Å². The van der Waals surface area contributed by atoms with E-state index in [4.69, 9.17) is 10.2 Å². The fourth-order valence-electron chi connectivity index (χ4n) is 0.370. The van der Waals surface area contributed by atoms with Gasteiger partial charge >= 0.3 is 0 Å². The van der Waals surface area contributed by atoms with Crippen molar-refractivity contribution in [1.82, 2.24) is 0 Å². The largest absolute Gasteiger partial charge is 0.412 e. The molecule has 4 N–H and O–H groups in total. The molecule has 0 radical (unpaired) electrons. The smallest absolute Gasteiger partial charge is 0.183 e. The van der Waals surface area contributed by atoms with Gasteiger partial charge in [0, 0.05) is 0 Å². The summed E-state index contributed by atoms with van der Waals surface area (Å²) in [4.78, 5) is 20.7. The summed E-state index contributed by atoms with van der Waals surface area (Å²) < 4.78 is 4.52. The van der Waals surface area contributed by atoms with E-state index in [1.54, 1.807) is 0 Å². The monoisotopic (exact) mass is 180 g/mol. The number of rotatable bonds is 6. The maximum atomic E-state index is 10.3. The summed E-state index contributed by atoms with van der Waals surface area (Å²) in [5, 5.41) is 16.4. The van der Waals surface area contributed by atoms with E-state index >= 15 is 0 Å². The third-order valence-corrected chi connectivity index (χ3v) is 0.879. The molecule has 6 nitrogen and oxygen atoms in total. The molecule has 0 fully saturated rings. The predicted molar refractivity (Wildman–Crippen MR) is 38.6 cm³/mol. The van der Waals surface area contributed by atoms with Crippen molar-refractivity contribution < 1.29 is 30.0 Å². The first-order valence-electron chi connectivity index (χ1n) is 3.03. The summed E-state index contributed by atoms with van der Waals surface area (Å²) in [6.45, 7) is -1.76. The van der Waals surface area contributed by atoms with Crippen molar-refractivity contribution in [3.8, 4) is 0 Å². The van der Waals surface area contributed by atoms with Crippen molar-refractivity contribution in [2.75, 3.05) is 26.4 Å². The molecule has 0 aliphatic carbocycles. The molecule has 0 aromatic carbocycles. The summed E-state index contributed by atoms with van der Waals surface area (Å²) in [5.74, 6) is -0.980. The van der Waals surface area contributed by atoms with Crippen molar-refractivity contribution >= 4 is 11.6 Å². The Kier molecular flexibility index (Phi) is 9.48. The molecule has 72 valence electrons. The Morgan fingerprint density at radius 3 is 1.58 bits per heavy atom. The zero-order valence-corrected chi connectivity index (χ0v) is 6.45. The Balaban J connectivity index is 0. The van der Waals surface area contributed by atoms with Crippen molar-refractivity contribution in [1.29, 1.82) is 0 Å². The van der Waals surface area contributed by atoms with Gasteiger partial charge in [-0.15, -0.1) is 0 Å². The molecule has 0 unspecified atom stereocenters. The van der Waals surface area contributed by atoms with Gasteiger partial charge in [0.1, 0.15) is 26.4 Å². The Morgan fingerprint density at radius 2 is 1.33 bits per heavy atom. The van der Waals surface area contributed by atoms with Gasteiger partial charge in [-0.3, -0.25) is 9.59 Å². The second kappa shape index (κ2) is 8.28. The second-order valence-corrected chi connectivity index (χ2v) is 1.89. The molecule has 0 spiro atoms. The average Bonchev–Trinajstić information content (AvgIpc) is 2.04. The first-order valence-corrected chi connectivity index (χ1v) is 3.03. The van der Waals surface area contributed by atoms with Crippen LogP contribution >= 0.6 is 0 Å². The van der Waals surface area contributed by atoms with Crippen LogP contribution in [0.15, 0.2) is 0 Å². The zero-order valence-electron chi connectivity index (χ0n) is 6.45. The number of aliphatic hydroxyl groups is 2. The van der Waals surface area contributed by atoms with Gasteiger partial charge in [-0.25, -0.2) is 0 Å². The first-order chi connectivity index (χ1) is 5.20. The van der Waals surface area contributed by atoms with E-state index in [2.05, 4.69) is 4.74 Å². The maximum absolute atomic E-state index is 10.3. The van der Waals surface area contributed by atoms with Gasteiger partial charge in [0.25, 0.3) is 0 Å². The maximum Gasteiger partial charge on any atom is 0.183 e. The zero-order chi connectivity index (χ0) is 8.69. The van der Waals surface area contributed by atoms with E-state index in [0.717, 1.165) is 0 Å². The van der Waals surface area contributed by atoms with Gasteiger partial charge in [0.15, 0.2) is 11.6 Å². The lowest BCUT2D eigenvalue weighted by Gasteiger charge is -1.98. The molecule has 0 aliphatic rings. The predicted octanol–water partition coefficient (Wildman–Crippen LogP) is -2.70. The number of carbonyl (C=O) groups excluding carboxylic acids is 2. The van der Waals surface area contributed by atoms with Crippen LogP contribution in [-0.4, -0.2) is 53.7 Å². The van der Waals surface area contributed by atoms with Crippen molar-refractivity contribution in [2.24, 2.45) is 0 Å². The minimum Gasteiger partial charge on any atom is -0.412 e.